The van der Waals surface area contributed by atoms with E-state index in [9.17, 15) is 5.11 Å². The minimum absolute atomic E-state index is 0.140. The van der Waals surface area contributed by atoms with Crippen LogP contribution in [0.1, 0.15) is 76.8 Å². The molecule has 0 bridgehead atoms. The highest BCUT2D eigenvalue weighted by Gasteiger charge is 2.19. The van der Waals surface area contributed by atoms with Crippen molar-refractivity contribution in [1.29, 1.82) is 0 Å². The molecule has 3 N–H and O–H groups in total. The van der Waals surface area contributed by atoms with Gasteiger partial charge in [0.15, 0.2) is 0 Å². The Morgan fingerprint density at radius 1 is 1.18 bits per heavy atom. The minimum Gasteiger partial charge on any atom is -0.493 e. The molecule has 0 heterocycles. The van der Waals surface area contributed by atoms with E-state index in [1.165, 1.54) is 11.1 Å². The summed E-state index contributed by atoms with van der Waals surface area (Å²) in [5.41, 5.74) is 8.42. The van der Waals surface area contributed by atoms with Crippen LogP contribution in [0, 0.1) is 0 Å². The number of hydrogen-bond donors (Lipinski definition) is 2. The van der Waals surface area contributed by atoms with Crippen LogP contribution in [0.5, 0.6) is 5.75 Å². The van der Waals surface area contributed by atoms with E-state index < -0.39 is 6.10 Å². The molecule has 1 rings (SSSR count). The Kier molecular flexibility index (Phi) is 7.91. The van der Waals surface area contributed by atoms with Gasteiger partial charge in [0.05, 0.1) is 12.7 Å². The van der Waals surface area contributed by atoms with E-state index in [1.54, 1.807) is 0 Å². The van der Waals surface area contributed by atoms with Crippen LogP contribution in [0.2, 0.25) is 0 Å². The Morgan fingerprint density at radius 2 is 1.86 bits per heavy atom. The average molecular weight is 307 g/mol. The van der Waals surface area contributed by atoms with Crippen molar-refractivity contribution in [3.63, 3.8) is 0 Å². The lowest BCUT2D eigenvalue weighted by Gasteiger charge is -2.23. The smallest absolute Gasteiger partial charge is 0.122 e. The largest absolute Gasteiger partial charge is 0.493 e. The van der Waals surface area contributed by atoms with Crippen molar-refractivity contribution in [3.8, 4) is 5.75 Å². The van der Waals surface area contributed by atoms with Crippen molar-refractivity contribution >= 4 is 0 Å². The van der Waals surface area contributed by atoms with Crippen LogP contribution in [0.3, 0.4) is 0 Å². The van der Waals surface area contributed by atoms with Gasteiger partial charge in [0.2, 0.25) is 0 Å². The third-order valence-electron chi connectivity index (χ3n) is 4.25. The second-order valence-corrected chi connectivity index (χ2v) is 6.58. The fraction of sp³-hybridized carbons (Fsp3) is 0.684. The zero-order valence-electron chi connectivity index (χ0n) is 14.8. The lowest BCUT2D eigenvalue weighted by Crippen LogP contribution is -2.34. The molecule has 1 aromatic rings. The summed E-state index contributed by atoms with van der Waals surface area (Å²) in [6, 6.07) is 6.28. The first-order valence-corrected chi connectivity index (χ1v) is 8.60. The molecule has 126 valence electrons. The molecule has 3 atom stereocenters. The molecule has 3 nitrogen and oxygen atoms in total. The van der Waals surface area contributed by atoms with Gasteiger partial charge in [-0.2, -0.15) is 0 Å². The van der Waals surface area contributed by atoms with Gasteiger partial charge < -0.3 is 15.6 Å². The van der Waals surface area contributed by atoms with Crippen molar-refractivity contribution in [2.45, 2.75) is 77.9 Å². The summed E-state index contributed by atoms with van der Waals surface area (Å²) in [6.45, 7) is 11.4. The second-order valence-electron chi connectivity index (χ2n) is 6.58. The van der Waals surface area contributed by atoms with E-state index in [1.807, 2.05) is 6.92 Å². The van der Waals surface area contributed by atoms with Crippen LogP contribution >= 0.6 is 0 Å². The maximum atomic E-state index is 10.1. The van der Waals surface area contributed by atoms with Gasteiger partial charge in [-0.1, -0.05) is 46.8 Å². The van der Waals surface area contributed by atoms with Gasteiger partial charge in [-0.15, -0.1) is 0 Å². The van der Waals surface area contributed by atoms with Gasteiger partial charge in [0.1, 0.15) is 5.75 Å². The summed E-state index contributed by atoms with van der Waals surface area (Å²) in [7, 11) is 0. The van der Waals surface area contributed by atoms with E-state index >= 15 is 0 Å². The number of nitrogens with two attached hydrogens (primary N) is 1. The number of rotatable bonds is 9. The molecule has 1 aromatic carbocycles. The number of benzene rings is 1. The molecule has 0 aliphatic rings. The molecular weight excluding hydrogens is 274 g/mol. The fourth-order valence-electron chi connectivity index (χ4n) is 2.61. The summed E-state index contributed by atoms with van der Waals surface area (Å²) < 4.78 is 5.85. The Bertz CT molecular complexity index is 445. The fourth-order valence-corrected chi connectivity index (χ4v) is 2.61. The Hall–Kier alpha value is -1.06. The molecule has 0 aliphatic carbocycles. The molecule has 0 amide bonds. The Morgan fingerprint density at radius 3 is 2.41 bits per heavy atom. The Labute approximate surface area is 135 Å². The average Bonchev–Trinajstić information content (AvgIpc) is 2.51. The molecule has 0 aliphatic heterocycles. The van der Waals surface area contributed by atoms with Gasteiger partial charge in [0, 0.05) is 6.04 Å². The van der Waals surface area contributed by atoms with Gasteiger partial charge in [-0.25, -0.2) is 0 Å². The number of aliphatic hydroxyl groups excluding tert-OH is 1. The van der Waals surface area contributed by atoms with Crippen LogP contribution in [0.25, 0.3) is 0 Å². The number of hydrogen-bond acceptors (Lipinski definition) is 3. The van der Waals surface area contributed by atoms with Crippen molar-refractivity contribution in [3.05, 3.63) is 29.3 Å². The maximum Gasteiger partial charge on any atom is 0.122 e. The third-order valence-corrected chi connectivity index (χ3v) is 4.25. The molecule has 0 fully saturated rings. The van der Waals surface area contributed by atoms with Crippen molar-refractivity contribution < 1.29 is 9.84 Å². The summed E-state index contributed by atoms with van der Waals surface area (Å²) in [5, 5.41) is 10.1. The van der Waals surface area contributed by atoms with Crippen LogP contribution in [0.15, 0.2) is 18.2 Å². The molecule has 3 heteroatoms. The van der Waals surface area contributed by atoms with E-state index in [4.69, 9.17) is 10.5 Å². The first-order valence-electron chi connectivity index (χ1n) is 8.60. The second kappa shape index (κ2) is 9.16. The summed E-state index contributed by atoms with van der Waals surface area (Å²) >= 11 is 0. The van der Waals surface area contributed by atoms with Crippen LogP contribution in [-0.4, -0.2) is 23.9 Å². The highest BCUT2D eigenvalue weighted by Crippen LogP contribution is 2.32. The van der Waals surface area contributed by atoms with E-state index in [2.05, 4.69) is 45.9 Å². The van der Waals surface area contributed by atoms with Crippen LogP contribution < -0.4 is 10.5 Å². The predicted molar refractivity (Wildman–Crippen MR) is 93.6 cm³/mol. The highest BCUT2D eigenvalue weighted by molar-refractivity contribution is 5.40. The molecule has 3 unspecified atom stereocenters. The van der Waals surface area contributed by atoms with Crippen molar-refractivity contribution in [1.82, 2.24) is 0 Å². The quantitative estimate of drug-likeness (QED) is 0.719. The van der Waals surface area contributed by atoms with Gasteiger partial charge in [-0.05, 0) is 48.3 Å². The molecule has 22 heavy (non-hydrogen) atoms. The standard InChI is InChI=1S/C19H33NO2/c1-6-10-22-19-9-8-15(12-16(19)13(3)4)14(5)11-18(21)17(20)7-2/h8-9,12-14,17-18,21H,6-7,10-11,20H2,1-5H3. The molecular formula is C19H33NO2. The van der Waals surface area contributed by atoms with Gasteiger partial charge >= 0.3 is 0 Å². The molecule has 0 saturated heterocycles. The zero-order chi connectivity index (χ0) is 16.7. The SMILES string of the molecule is CCCOc1ccc(C(C)CC(O)C(N)CC)cc1C(C)C. The van der Waals surface area contributed by atoms with Gasteiger partial charge in [-0.3, -0.25) is 0 Å². The molecule has 0 spiro atoms. The minimum atomic E-state index is -0.446. The monoisotopic (exact) mass is 307 g/mol. The number of ether oxygens (including phenoxy) is 1. The lowest BCUT2D eigenvalue weighted by molar-refractivity contribution is 0.126. The Balaban J connectivity index is 2.88. The van der Waals surface area contributed by atoms with E-state index in [-0.39, 0.29) is 12.0 Å². The van der Waals surface area contributed by atoms with Crippen molar-refractivity contribution in [2.24, 2.45) is 5.73 Å². The summed E-state index contributed by atoms with van der Waals surface area (Å²) in [6.07, 6.45) is 2.06. The predicted octanol–water partition coefficient (Wildman–Crippen LogP) is 4.19. The zero-order valence-corrected chi connectivity index (χ0v) is 14.8. The third kappa shape index (κ3) is 5.29. The molecule has 0 saturated carbocycles. The first-order chi connectivity index (χ1) is 10.4. The highest BCUT2D eigenvalue weighted by atomic mass is 16.5. The van der Waals surface area contributed by atoms with Crippen LogP contribution in [0.4, 0.5) is 0 Å². The normalized spacial score (nSPS) is 15.6. The van der Waals surface area contributed by atoms with Crippen LogP contribution in [-0.2, 0) is 0 Å². The topological polar surface area (TPSA) is 55.5 Å². The maximum absolute atomic E-state index is 10.1. The summed E-state index contributed by atoms with van der Waals surface area (Å²) in [5.74, 6) is 1.69. The molecule has 0 aromatic heterocycles. The van der Waals surface area contributed by atoms with E-state index in [0.29, 0.717) is 12.3 Å². The van der Waals surface area contributed by atoms with E-state index in [0.717, 1.165) is 25.2 Å². The van der Waals surface area contributed by atoms with Gasteiger partial charge in [0.25, 0.3) is 0 Å². The summed E-state index contributed by atoms with van der Waals surface area (Å²) in [4.78, 5) is 0. The first kappa shape index (κ1) is 19.0. The lowest BCUT2D eigenvalue weighted by atomic mass is 9.89. The van der Waals surface area contributed by atoms with Crippen molar-refractivity contribution in [2.75, 3.05) is 6.61 Å². The molecule has 0 radical (unpaired) electrons. The number of aliphatic hydroxyl groups is 1.